The van der Waals surface area contributed by atoms with Crippen LogP contribution < -0.4 is 11.1 Å². The zero-order valence-electron chi connectivity index (χ0n) is 12.7. The number of carbonyl (C=O) groups excluding carboxylic acids is 1. The quantitative estimate of drug-likeness (QED) is 0.653. The molecule has 3 nitrogen and oxygen atoms in total. The molecule has 1 saturated carbocycles. The molecule has 1 aliphatic carbocycles. The highest BCUT2D eigenvalue weighted by Gasteiger charge is 2.64. The molecule has 0 aromatic heterocycles. The van der Waals surface area contributed by atoms with E-state index in [-0.39, 0.29) is 5.91 Å². The first kappa shape index (κ1) is 14.6. The van der Waals surface area contributed by atoms with Gasteiger partial charge >= 0.3 is 0 Å². The van der Waals surface area contributed by atoms with Crippen molar-refractivity contribution in [1.29, 1.82) is 0 Å². The molecule has 3 heteroatoms. The first-order chi connectivity index (χ1) is 9.25. The number of nitrogens with two attached hydrogens (primary N) is 1. The predicted molar refractivity (Wildman–Crippen MR) is 84.0 cm³/mol. The molecule has 0 atom stereocenters. The maximum atomic E-state index is 11.8. The fourth-order valence-electron chi connectivity index (χ4n) is 2.94. The molecule has 1 aromatic carbocycles. The Morgan fingerprint density at radius 1 is 1.30 bits per heavy atom. The van der Waals surface area contributed by atoms with Gasteiger partial charge in [0, 0.05) is 18.3 Å². The van der Waals surface area contributed by atoms with Crippen LogP contribution in [-0.2, 0) is 4.79 Å². The molecule has 1 aromatic rings. The normalized spacial score (nSPS) is 20.0. The van der Waals surface area contributed by atoms with Gasteiger partial charge in [0.1, 0.15) is 0 Å². The van der Waals surface area contributed by atoms with E-state index in [1.165, 1.54) is 0 Å². The molecule has 0 unspecified atom stereocenters. The molecule has 0 spiro atoms. The Kier molecular flexibility index (Phi) is 3.63. The summed E-state index contributed by atoms with van der Waals surface area (Å²) in [6.07, 6.45) is 3.35. The van der Waals surface area contributed by atoms with Gasteiger partial charge in [0.25, 0.3) is 0 Å². The van der Waals surface area contributed by atoms with Gasteiger partial charge in [-0.05, 0) is 40.5 Å². The fraction of sp³-hybridized carbons (Fsp3) is 0.471. The highest BCUT2D eigenvalue weighted by atomic mass is 16.1. The van der Waals surface area contributed by atoms with Gasteiger partial charge in [-0.3, -0.25) is 4.79 Å². The predicted octanol–water partition coefficient (Wildman–Crippen LogP) is 3.08. The van der Waals surface area contributed by atoms with E-state index < -0.39 is 0 Å². The first-order valence-corrected chi connectivity index (χ1v) is 7.06. The van der Waals surface area contributed by atoms with Crippen molar-refractivity contribution in [2.45, 2.75) is 27.7 Å². The Hall–Kier alpha value is -1.77. The average molecular weight is 272 g/mol. The van der Waals surface area contributed by atoms with Crippen LogP contribution >= 0.6 is 0 Å². The third kappa shape index (κ3) is 2.72. The van der Waals surface area contributed by atoms with Crippen LogP contribution in [0.1, 0.15) is 33.3 Å². The van der Waals surface area contributed by atoms with Crippen LogP contribution in [0, 0.1) is 16.7 Å². The Labute approximate surface area is 121 Å². The monoisotopic (exact) mass is 272 g/mol. The van der Waals surface area contributed by atoms with Gasteiger partial charge < -0.3 is 11.1 Å². The highest BCUT2D eigenvalue weighted by Crippen LogP contribution is 2.67. The van der Waals surface area contributed by atoms with E-state index in [4.69, 9.17) is 5.73 Å². The average Bonchev–Trinajstić information content (AvgIpc) is 2.75. The smallest absolute Gasteiger partial charge is 0.244 e. The summed E-state index contributed by atoms with van der Waals surface area (Å²) >= 11 is 0. The number of hydrogen-bond acceptors (Lipinski definition) is 2. The van der Waals surface area contributed by atoms with Crippen LogP contribution in [-0.4, -0.2) is 12.5 Å². The van der Waals surface area contributed by atoms with Crippen molar-refractivity contribution in [3.8, 4) is 0 Å². The van der Waals surface area contributed by atoms with Gasteiger partial charge in [-0.1, -0.05) is 39.8 Å². The van der Waals surface area contributed by atoms with Gasteiger partial charge in [-0.25, -0.2) is 0 Å². The first-order valence-electron chi connectivity index (χ1n) is 7.06. The van der Waals surface area contributed by atoms with Crippen LogP contribution in [0.15, 0.2) is 30.3 Å². The number of hydrogen-bond donors (Lipinski definition) is 2. The van der Waals surface area contributed by atoms with E-state index in [1.807, 2.05) is 24.3 Å². The lowest BCUT2D eigenvalue weighted by atomic mass is 10.0. The number of anilines is 1. The topological polar surface area (TPSA) is 55.1 Å². The van der Waals surface area contributed by atoms with Crippen molar-refractivity contribution in [2.75, 3.05) is 12.3 Å². The second kappa shape index (κ2) is 4.97. The molecule has 0 aliphatic heterocycles. The van der Waals surface area contributed by atoms with Gasteiger partial charge in [0.2, 0.25) is 5.91 Å². The number of nitrogen functional groups attached to an aromatic ring is 1. The second-order valence-corrected chi connectivity index (χ2v) is 6.74. The number of rotatable bonds is 4. The molecular weight excluding hydrogens is 248 g/mol. The molecule has 0 radical (unpaired) electrons. The Balaban J connectivity index is 1.85. The van der Waals surface area contributed by atoms with Crippen LogP contribution in [0.25, 0.3) is 6.08 Å². The third-order valence-electron chi connectivity index (χ3n) is 5.14. The summed E-state index contributed by atoms with van der Waals surface area (Å²) in [6.45, 7) is 9.76. The Bertz CT molecular complexity index is 530. The van der Waals surface area contributed by atoms with Crippen LogP contribution in [0.2, 0.25) is 0 Å². The third-order valence-corrected chi connectivity index (χ3v) is 5.14. The maximum absolute atomic E-state index is 11.8. The molecule has 0 heterocycles. The summed E-state index contributed by atoms with van der Waals surface area (Å²) in [5, 5.41) is 2.98. The van der Waals surface area contributed by atoms with Crippen LogP contribution in [0.5, 0.6) is 0 Å². The van der Waals surface area contributed by atoms with Crippen molar-refractivity contribution in [1.82, 2.24) is 5.32 Å². The lowest BCUT2D eigenvalue weighted by Gasteiger charge is -2.04. The molecule has 1 aliphatic rings. The molecule has 20 heavy (non-hydrogen) atoms. The highest BCUT2D eigenvalue weighted by molar-refractivity contribution is 5.91. The summed E-state index contributed by atoms with van der Waals surface area (Å²) in [6, 6.07) is 7.47. The number of carbonyl (C=O) groups is 1. The summed E-state index contributed by atoms with van der Waals surface area (Å²) in [5.74, 6) is 0.491. The van der Waals surface area contributed by atoms with Crippen molar-refractivity contribution >= 4 is 17.7 Å². The van der Waals surface area contributed by atoms with Crippen molar-refractivity contribution in [3.63, 3.8) is 0 Å². The van der Waals surface area contributed by atoms with Crippen LogP contribution in [0.4, 0.5) is 5.69 Å². The Morgan fingerprint density at radius 2 is 1.95 bits per heavy atom. The van der Waals surface area contributed by atoms with Gasteiger partial charge in [-0.2, -0.15) is 0 Å². The summed E-state index contributed by atoms with van der Waals surface area (Å²) in [4.78, 5) is 11.8. The minimum atomic E-state index is -0.0501. The maximum Gasteiger partial charge on any atom is 0.244 e. The molecule has 3 N–H and O–H groups in total. The second-order valence-electron chi connectivity index (χ2n) is 6.74. The minimum Gasteiger partial charge on any atom is -0.399 e. The van der Waals surface area contributed by atoms with Gasteiger partial charge in [0.15, 0.2) is 0 Å². The summed E-state index contributed by atoms with van der Waals surface area (Å²) < 4.78 is 0. The molecule has 0 bridgehead atoms. The van der Waals surface area contributed by atoms with Crippen molar-refractivity contribution < 1.29 is 4.79 Å². The molecular formula is C17H24N2O. The zero-order chi connectivity index (χ0) is 15.0. The van der Waals surface area contributed by atoms with E-state index in [2.05, 4.69) is 33.0 Å². The fourth-order valence-corrected chi connectivity index (χ4v) is 2.94. The summed E-state index contributed by atoms with van der Waals surface area (Å²) in [5.41, 5.74) is 7.94. The number of nitrogens with one attached hydrogen (secondary N) is 1. The lowest BCUT2D eigenvalue weighted by Crippen LogP contribution is -2.25. The van der Waals surface area contributed by atoms with E-state index in [1.54, 1.807) is 12.2 Å². The van der Waals surface area contributed by atoms with Crippen molar-refractivity contribution in [2.24, 2.45) is 16.7 Å². The largest absolute Gasteiger partial charge is 0.399 e. The number of amides is 1. The standard InChI is InChI=1S/C17H24N2O/c1-16(2)14(17(16,3)4)11-19-15(20)9-8-12-6-5-7-13(18)10-12/h5-10,14H,11,18H2,1-4H3,(H,19,20)/b9-8+. The lowest BCUT2D eigenvalue weighted by molar-refractivity contribution is -0.116. The van der Waals surface area contributed by atoms with Crippen molar-refractivity contribution in [3.05, 3.63) is 35.9 Å². The molecule has 108 valence electrons. The van der Waals surface area contributed by atoms with Crippen LogP contribution in [0.3, 0.4) is 0 Å². The Morgan fingerprint density at radius 3 is 2.50 bits per heavy atom. The zero-order valence-corrected chi connectivity index (χ0v) is 12.7. The number of benzene rings is 1. The van der Waals surface area contributed by atoms with E-state index in [0.29, 0.717) is 22.4 Å². The van der Waals surface area contributed by atoms with Gasteiger partial charge in [0.05, 0.1) is 0 Å². The molecule has 1 amide bonds. The SMILES string of the molecule is CC1(C)C(CNC(=O)/C=C/c2cccc(N)c2)C1(C)C. The minimum absolute atomic E-state index is 0.0501. The molecule has 1 fully saturated rings. The molecule has 0 saturated heterocycles. The van der Waals surface area contributed by atoms with E-state index in [0.717, 1.165) is 12.1 Å². The molecule has 2 rings (SSSR count). The summed E-state index contributed by atoms with van der Waals surface area (Å²) in [7, 11) is 0. The van der Waals surface area contributed by atoms with Gasteiger partial charge in [-0.15, -0.1) is 0 Å². The van der Waals surface area contributed by atoms with E-state index >= 15 is 0 Å². The van der Waals surface area contributed by atoms with E-state index in [9.17, 15) is 4.79 Å².